The van der Waals surface area contributed by atoms with E-state index in [0.29, 0.717) is 17.1 Å². The molecular weight excluding hydrogens is 278 g/mol. The van der Waals surface area contributed by atoms with Crippen LogP contribution in [0, 0.1) is 10.1 Å². The number of rotatable bonds is 4. The fourth-order valence-electron chi connectivity index (χ4n) is 1.60. The van der Waals surface area contributed by atoms with Gasteiger partial charge in [-0.2, -0.15) is 5.10 Å². The number of benzene rings is 1. The number of hydrogen-bond donors (Lipinski definition) is 1. The monoisotopic (exact) mass is 289 g/mol. The Hall–Kier alpha value is -3.16. The maximum absolute atomic E-state index is 11.0. The molecule has 1 aromatic carbocycles. The summed E-state index contributed by atoms with van der Waals surface area (Å²) in [5, 5.41) is 14.6. The van der Waals surface area contributed by atoms with Crippen molar-refractivity contribution in [3.05, 3.63) is 52.3 Å². The minimum Gasteiger partial charge on any atom is -0.455 e. The van der Waals surface area contributed by atoms with Crippen molar-refractivity contribution in [1.29, 1.82) is 0 Å². The van der Waals surface area contributed by atoms with Gasteiger partial charge in [-0.3, -0.25) is 10.1 Å². The van der Waals surface area contributed by atoms with Crippen LogP contribution < -0.4 is 5.43 Å². The maximum atomic E-state index is 11.0. The van der Waals surface area contributed by atoms with E-state index in [0.717, 1.165) is 0 Å². The predicted molar refractivity (Wildman–Crippen MR) is 73.9 cm³/mol. The third-order valence-corrected chi connectivity index (χ3v) is 2.53. The van der Waals surface area contributed by atoms with E-state index >= 15 is 0 Å². The van der Waals surface area contributed by atoms with Crippen LogP contribution in [0.3, 0.4) is 0 Å². The molecule has 21 heavy (non-hydrogen) atoms. The summed E-state index contributed by atoms with van der Waals surface area (Å²) in [4.78, 5) is 21.3. The molecule has 1 aromatic heterocycles. The molecule has 2 rings (SSSR count). The summed E-state index contributed by atoms with van der Waals surface area (Å²) >= 11 is 0. The van der Waals surface area contributed by atoms with E-state index in [-0.39, 0.29) is 5.69 Å². The van der Waals surface area contributed by atoms with Crippen molar-refractivity contribution in [2.24, 2.45) is 5.10 Å². The molecule has 0 aliphatic carbocycles. The van der Waals surface area contributed by atoms with Gasteiger partial charge in [0.1, 0.15) is 11.5 Å². The Morgan fingerprint density at radius 2 is 2.14 bits per heavy atom. The molecule has 0 saturated heterocycles. The Kier molecular flexibility index (Phi) is 4.30. The Morgan fingerprint density at radius 3 is 2.86 bits per heavy atom. The second kappa shape index (κ2) is 6.33. The first kappa shape index (κ1) is 14.3. The highest BCUT2D eigenvalue weighted by Gasteiger charge is 2.16. The number of nitro benzene ring substituents is 1. The summed E-state index contributed by atoms with van der Waals surface area (Å²) in [5.41, 5.74) is 2.41. The zero-order valence-electron chi connectivity index (χ0n) is 11.0. The van der Waals surface area contributed by atoms with Crippen LogP contribution in [-0.2, 0) is 4.74 Å². The average Bonchev–Trinajstić information content (AvgIpc) is 2.95. The first-order valence-corrected chi connectivity index (χ1v) is 5.82. The number of nitrogens with zero attached hydrogens (tertiary/aromatic N) is 2. The summed E-state index contributed by atoms with van der Waals surface area (Å²) in [7, 11) is 1.21. The van der Waals surface area contributed by atoms with Crippen molar-refractivity contribution in [3.63, 3.8) is 0 Å². The number of hydrogen-bond acceptors (Lipinski definition) is 6. The maximum Gasteiger partial charge on any atom is 0.427 e. The number of nitrogens with one attached hydrogen (secondary N) is 1. The first-order valence-electron chi connectivity index (χ1n) is 5.82. The van der Waals surface area contributed by atoms with Crippen LogP contribution in [0.2, 0.25) is 0 Å². The Balaban J connectivity index is 2.21. The summed E-state index contributed by atoms with van der Waals surface area (Å²) in [6, 6.07) is 9.40. The highest BCUT2D eigenvalue weighted by atomic mass is 16.6. The van der Waals surface area contributed by atoms with Crippen LogP contribution in [0.4, 0.5) is 10.5 Å². The first-order chi connectivity index (χ1) is 10.1. The van der Waals surface area contributed by atoms with Gasteiger partial charge in [0, 0.05) is 6.07 Å². The number of methoxy groups -OCH3 is 1. The molecule has 8 heteroatoms. The molecule has 1 amide bonds. The lowest BCUT2D eigenvalue weighted by molar-refractivity contribution is -0.384. The van der Waals surface area contributed by atoms with Crippen LogP contribution in [0.1, 0.15) is 5.76 Å². The molecule has 0 bridgehead atoms. The molecule has 0 aliphatic rings. The molecule has 0 atom stereocenters. The van der Waals surface area contributed by atoms with E-state index in [4.69, 9.17) is 4.42 Å². The van der Waals surface area contributed by atoms with Crippen molar-refractivity contribution in [3.8, 4) is 11.3 Å². The Bertz CT molecular complexity index is 693. The molecule has 1 heterocycles. The Morgan fingerprint density at radius 1 is 1.38 bits per heavy atom. The van der Waals surface area contributed by atoms with Gasteiger partial charge >= 0.3 is 6.09 Å². The minimum atomic E-state index is -0.711. The molecule has 0 saturated carbocycles. The lowest BCUT2D eigenvalue weighted by Crippen LogP contribution is -2.16. The molecule has 0 unspecified atom stereocenters. The van der Waals surface area contributed by atoms with Crippen molar-refractivity contribution in [2.75, 3.05) is 7.11 Å². The summed E-state index contributed by atoms with van der Waals surface area (Å²) < 4.78 is 9.77. The number of nitro groups is 1. The molecular formula is C13H11N3O5. The van der Waals surface area contributed by atoms with E-state index in [1.165, 1.54) is 19.4 Å². The number of hydrazone groups is 1. The van der Waals surface area contributed by atoms with Crippen molar-refractivity contribution < 1.29 is 18.9 Å². The topological polar surface area (TPSA) is 107 Å². The zero-order chi connectivity index (χ0) is 15.2. The summed E-state index contributed by atoms with van der Waals surface area (Å²) in [6.45, 7) is 0. The number of furan rings is 1. The highest BCUT2D eigenvalue weighted by Crippen LogP contribution is 2.30. The van der Waals surface area contributed by atoms with Gasteiger partial charge in [0.15, 0.2) is 0 Å². The average molecular weight is 289 g/mol. The number of ether oxygens (including phenoxy) is 1. The molecule has 0 fully saturated rings. The molecule has 1 N–H and O–H groups in total. The molecule has 108 valence electrons. The van der Waals surface area contributed by atoms with E-state index in [2.05, 4.69) is 15.3 Å². The van der Waals surface area contributed by atoms with Gasteiger partial charge in [0.05, 0.1) is 23.8 Å². The van der Waals surface area contributed by atoms with Gasteiger partial charge in [-0.25, -0.2) is 10.2 Å². The Labute approximate surface area is 119 Å². The van der Waals surface area contributed by atoms with E-state index < -0.39 is 11.0 Å². The second-order valence-electron chi connectivity index (χ2n) is 3.84. The smallest absolute Gasteiger partial charge is 0.427 e. The van der Waals surface area contributed by atoms with Crippen molar-refractivity contribution in [2.45, 2.75) is 0 Å². The minimum absolute atomic E-state index is 0.0528. The van der Waals surface area contributed by atoms with Crippen LogP contribution in [0.15, 0.2) is 45.9 Å². The van der Waals surface area contributed by atoms with E-state index in [1.807, 2.05) is 0 Å². The fraction of sp³-hybridized carbons (Fsp3) is 0.0769. The fourth-order valence-corrected chi connectivity index (χ4v) is 1.60. The van der Waals surface area contributed by atoms with Crippen molar-refractivity contribution >= 4 is 18.0 Å². The van der Waals surface area contributed by atoms with Gasteiger partial charge in [0.25, 0.3) is 5.69 Å². The summed E-state index contributed by atoms with van der Waals surface area (Å²) in [6.07, 6.45) is 0.548. The van der Waals surface area contributed by atoms with E-state index in [9.17, 15) is 14.9 Å². The molecule has 8 nitrogen and oxygen atoms in total. The zero-order valence-corrected chi connectivity index (χ0v) is 11.0. The van der Waals surface area contributed by atoms with Crippen LogP contribution in [0.25, 0.3) is 11.3 Å². The number of amides is 1. The van der Waals surface area contributed by atoms with Gasteiger partial charge in [-0.15, -0.1) is 0 Å². The van der Waals surface area contributed by atoms with Gasteiger partial charge in [0.2, 0.25) is 0 Å². The number of carbonyl (C=O) groups excluding carboxylic acids is 1. The normalized spacial score (nSPS) is 10.5. The van der Waals surface area contributed by atoms with E-state index in [1.54, 1.807) is 30.3 Å². The number of para-hydroxylation sites is 1. The number of carbonyl (C=O) groups is 1. The van der Waals surface area contributed by atoms with Gasteiger partial charge < -0.3 is 9.15 Å². The molecule has 2 aromatic rings. The third kappa shape index (κ3) is 3.44. The quantitative estimate of drug-likeness (QED) is 0.528. The standard InChI is InChI=1S/C13H11N3O5/c1-20-13(17)15-14-8-9-6-7-12(21-9)10-4-2-3-5-11(10)16(18)19/h2-8H,1H3,(H,15,17)/b14-8+. The molecule has 0 spiro atoms. The molecule has 0 radical (unpaired) electrons. The van der Waals surface area contributed by atoms with Crippen LogP contribution >= 0.6 is 0 Å². The SMILES string of the molecule is COC(=O)N/N=C/c1ccc(-c2ccccc2[N+](=O)[O-])o1. The lowest BCUT2D eigenvalue weighted by Gasteiger charge is -1.98. The second-order valence-corrected chi connectivity index (χ2v) is 3.84. The largest absolute Gasteiger partial charge is 0.455 e. The highest BCUT2D eigenvalue weighted by molar-refractivity contribution is 5.79. The summed E-state index contributed by atoms with van der Waals surface area (Å²) in [5.74, 6) is 0.668. The van der Waals surface area contributed by atoms with Gasteiger partial charge in [-0.1, -0.05) is 12.1 Å². The van der Waals surface area contributed by atoms with Crippen molar-refractivity contribution in [1.82, 2.24) is 5.43 Å². The van der Waals surface area contributed by atoms with Gasteiger partial charge in [-0.05, 0) is 18.2 Å². The van der Waals surface area contributed by atoms with Crippen LogP contribution in [0.5, 0.6) is 0 Å². The lowest BCUT2D eigenvalue weighted by atomic mass is 10.1. The van der Waals surface area contributed by atoms with Crippen LogP contribution in [-0.4, -0.2) is 24.3 Å². The third-order valence-electron chi connectivity index (χ3n) is 2.53. The molecule has 0 aliphatic heterocycles. The predicted octanol–water partition coefficient (Wildman–Crippen LogP) is 2.54.